The van der Waals surface area contributed by atoms with Crippen molar-refractivity contribution in [3.05, 3.63) is 51.8 Å². The van der Waals surface area contributed by atoms with Gasteiger partial charge in [-0.25, -0.2) is 9.50 Å². The summed E-state index contributed by atoms with van der Waals surface area (Å²) in [5.41, 5.74) is 2.06. The number of fused-ring (bicyclic) bond motifs is 1. The van der Waals surface area contributed by atoms with E-state index in [0.29, 0.717) is 23.4 Å². The largest absolute Gasteiger partial charge is 0.304 e. The molecular weight excluding hydrogens is 270 g/mol. The molecule has 1 unspecified atom stereocenters. The highest BCUT2D eigenvalue weighted by Gasteiger charge is 2.10. The Morgan fingerprint density at radius 3 is 3.10 bits per heavy atom. The fourth-order valence-corrected chi connectivity index (χ4v) is 2.07. The van der Waals surface area contributed by atoms with Crippen LogP contribution in [0.1, 0.15) is 29.8 Å². The number of nitrogens with one attached hydrogen (secondary N) is 3. The lowest BCUT2D eigenvalue weighted by atomic mass is 10.2. The Bertz CT molecular complexity index is 853. The first-order chi connectivity index (χ1) is 10.2. The summed E-state index contributed by atoms with van der Waals surface area (Å²) < 4.78 is 1.25. The summed E-state index contributed by atoms with van der Waals surface area (Å²) in [6, 6.07) is 3.52. The summed E-state index contributed by atoms with van der Waals surface area (Å²) in [6.45, 7) is 2.42. The molecule has 1 atom stereocenters. The molecule has 21 heavy (non-hydrogen) atoms. The van der Waals surface area contributed by atoms with E-state index < -0.39 is 0 Å². The molecule has 0 aliphatic carbocycles. The van der Waals surface area contributed by atoms with Crippen molar-refractivity contribution in [2.24, 2.45) is 0 Å². The van der Waals surface area contributed by atoms with Crippen molar-refractivity contribution in [3.8, 4) is 6.07 Å². The Hall–Kier alpha value is -2.92. The maximum Gasteiger partial charge on any atom is 0.272 e. The van der Waals surface area contributed by atoms with Crippen LogP contribution < -0.4 is 10.9 Å². The first kappa shape index (κ1) is 13.1. The third-order valence-corrected chi connectivity index (χ3v) is 3.28. The second-order valence-corrected chi connectivity index (χ2v) is 4.68. The highest BCUT2D eigenvalue weighted by molar-refractivity contribution is 5.53. The second-order valence-electron chi connectivity index (χ2n) is 4.68. The predicted octanol–water partition coefficient (Wildman–Crippen LogP) is 0.468. The molecule has 0 aliphatic rings. The van der Waals surface area contributed by atoms with E-state index in [0.717, 1.165) is 5.56 Å². The minimum absolute atomic E-state index is 0.0747. The molecule has 0 saturated heterocycles. The Balaban J connectivity index is 1.84. The molecule has 8 nitrogen and oxygen atoms in total. The van der Waals surface area contributed by atoms with Gasteiger partial charge in [0.2, 0.25) is 0 Å². The Morgan fingerprint density at radius 1 is 1.52 bits per heavy atom. The molecular formula is C13H13N7O. The van der Waals surface area contributed by atoms with Gasteiger partial charge in [-0.3, -0.25) is 15.0 Å². The number of H-pyrrole nitrogens is 2. The number of nitrogens with zero attached hydrogens (tertiary/aromatic N) is 4. The van der Waals surface area contributed by atoms with Gasteiger partial charge in [-0.15, -0.1) is 0 Å². The van der Waals surface area contributed by atoms with Crippen LogP contribution in [0.4, 0.5) is 0 Å². The van der Waals surface area contributed by atoms with E-state index in [1.165, 1.54) is 16.8 Å². The van der Waals surface area contributed by atoms with Gasteiger partial charge in [0.05, 0.1) is 11.9 Å². The molecule has 3 rings (SSSR count). The van der Waals surface area contributed by atoms with Crippen LogP contribution in [0.3, 0.4) is 0 Å². The molecule has 0 amide bonds. The van der Waals surface area contributed by atoms with Gasteiger partial charge in [0.1, 0.15) is 11.6 Å². The Morgan fingerprint density at radius 2 is 2.38 bits per heavy atom. The van der Waals surface area contributed by atoms with Crippen LogP contribution >= 0.6 is 0 Å². The van der Waals surface area contributed by atoms with Crippen molar-refractivity contribution in [2.45, 2.75) is 19.5 Å². The van der Waals surface area contributed by atoms with E-state index in [1.807, 2.05) is 19.2 Å². The number of aromatic nitrogens is 5. The third kappa shape index (κ3) is 2.42. The van der Waals surface area contributed by atoms with Crippen LogP contribution in [0.25, 0.3) is 5.65 Å². The lowest BCUT2D eigenvalue weighted by Crippen LogP contribution is -2.22. The highest BCUT2D eigenvalue weighted by Crippen LogP contribution is 2.10. The van der Waals surface area contributed by atoms with Crippen molar-refractivity contribution in [3.63, 3.8) is 0 Å². The lowest BCUT2D eigenvalue weighted by molar-refractivity contribution is 0.567. The van der Waals surface area contributed by atoms with Crippen molar-refractivity contribution in [1.82, 2.24) is 30.1 Å². The maximum atomic E-state index is 11.9. The second kappa shape index (κ2) is 5.22. The lowest BCUT2D eigenvalue weighted by Gasteiger charge is -2.11. The molecule has 8 heteroatoms. The zero-order valence-corrected chi connectivity index (χ0v) is 11.3. The molecule has 0 aliphatic heterocycles. The van der Waals surface area contributed by atoms with Gasteiger partial charge in [0.25, 0.3) is 5.56 Å². The van der Waals surface area contributed by atoms with Crippen LogP contribution in [-0.2, 0) is 6.54 Å². The number of aromatic amines is 2. The summed E-state index contributed by atoms with van der Waals surface area (Å²) in [5, 5.41) is 21.6. The van der Waals surface area contributed by atoms with Gasteiger partial charge in [0.15, 0.2) is 5.65 Å². The van der Waals surface area contributed by atoms with E-state index in [-0.39, 0.29) is 11.6 Å². The molecule has 106 valence electrons. The van der Waals surface area contributed by atoms with Crippen molar-refractivity contribution in [1.29, 1.82) is 5.26 Å². The molecule has 3 aromatic rings. The van der Waals surface area contributed by atoms with Gasteiger partial charge in [0, 0.05) is 36.6 Å². The first-order valence-corrected chi connectivity index (χ1v) is 6.41. The van der Waals surface area contributed by atoms with Crippen LogP contribution in [0.2, 0.25) is 0 Å². The van der Waals surface area contributed by atoms with Crippen molar-refractivity contribution >= 4 is 5.65 Å². The topological polar surface area (TPSA) is 115 Å². The molecule has 0 fully saturated rings. The summed E-state index contributed by atoms with van der Waals surface area (Å²) in [5.74, 6) is 0. The highest BCUT2D eigenvalue weighted by atomic mass is 16.1. The fraction of sp³-hybridized carbons (Fsp3) is 0.231. The van der Waals surface area contributed by atoms with E-state index in [9.17, 15) is 4.79 Å². The van der Waals surface area contributed by atoms with Crippen LogP contribution in [-0.4, -0.2) is 24.8 Å². The number of hydrogen-bond acceptors (Lipinski definition) is 5. The smallest absolute Gasteiger partial charge is 0.272 e. The fourth-order valence-electron chi connectivity index (χ4n) is 2.07. The molecule has 0 radical (unpaired) electrons. The van der Waals surface area contributed by atoms with E-state index >= 15 is 0 Å². The molecule has 0 spiro atoms. The standard InChI is InChI=1S/C13H13N7O/c1-8(10-4-16-17-5-10)15-7-11-2-12(21)20-13(19-11)9(3-14)6-18-20/h2,4-6,8,15,18H,7H2,1H3,(H,16,17). The molecule has 3 heterocycles. The van der Waals surface area contributed by atoms with Gasteiger partial charge in [-0.2, -0.15) is 10.4 Å². The van der Waals surface area contributed by atoms with Crippen molar-refractivity contribution in [2.75, 3.05) is 0 Å². The normalized spacial score (nSPS) is 12.4. The molecule has 0 saturated carbocycles. The minimum Gasteiger partial charge on any atom is -0.304 e. The average molecular weight is 283 g/mol. The number of nitriles is 1. The van der Waals surface area contributed by atoms with Crippen molar-refractivity contribution < 1.29 is 0 Å². The first-order valence-electron chi connectivity index (χ1n) is 6.41. The van der Waals surface area contributed by atoms with Gasteiger partial charge < -0.3 is 5.32 Å². The maximum absolute atomic E-state index is 11.9. The Labute approximate surface area is 119 Å². The molecule has 0 aromatic carbocycles. The molecule has 3 N–H and O–H groups in total. The molecule has 3 aromatic heterocycles. The Kier molecular flexibility index (Phi) is 3.25. The summed E-state index contributed by atoms with van der Waals surface area (Å²) >= 11 is 0. The van der Waals surface area contributed by atoms with Crippen LogP contribution in [0.5, 0.6) is 0 Å². The zero-order chi connectivity index (χ0) is 14.8. The minimum atomic E-state index is -0.241. The van der Waals surface area contributed by atoms with Gasteiger partial charge in [-0.1, -0.05) is 0 Å². The summed E-state index contributed by atoms with van der Waals surface area (Å²) in [4.78, 5) is 16.3. The van der Waals surface area contributed by atoms with E-state index in [2.05, 4.69) is 25.6 Å². The van der Waals surface area contributed by atoms with E-state index in [1.54, 1.807) is 6.20 Å². The third-order valence-electron chi connectivity index (χ3n) is 3.28. The quantitative estimate of drug-likeness (QED) is 0.643. The monoisotopic (exact) mass is 283 g/mol. The molecule has 0 bridgehead atoms. The number of hydrogen-bond donors (Lipinski definition) is 3. The van der Waals surface area contributed by atoms with Crippen LogP contribution in [0.15, 0.2) is 29.5 Å². The number of rotatable bonds is 4. The average Bonchev–Trinajstić information content (AvgIpc) is 3.14. The predicted molar refractivity (Wildman–Crippen MR) is 74.4 cm³/mol. The zero-order valence-electron chi connectivity index (χ0n) is 11.3. The SMILES string of the molecule is CC(NCc1cc(=O)n2[nH]cc(C#N)c2n1)c1cn[nH]c1. The van der Waals surface area contributed by atoms with E-state index in [4.69, 9.17) is 5.26 Å². The van der Waals surface area contributed by atoms with Gasteiger partial charge in [-0.05, 0) is 6.92 Å². The summed E-state index contributed by atoms with van der Waals surface area (Å²) in [7, 11) is 0. The summed E-state index contributed by atoms with van der Waals surface area (Å²) in [6.07, 6.45) is 5.02. The van der Waals surface area contributed by atoms with Gasteiger partial charge >= 0.3 is 0 Å². The van der Waals surface area contributed by atoms with Crippen LogP contribution in [0, 0.1) is 11.3 Å².